The highest BCUT2D eigenvalue weighted by molar-refractivity contribution is 9.10. The Morgan fingerprint density at radius 2 is 1.76 bits per heavy atom. The Balaban J connectivity index is 2.32. The lowest BCUT2D eigenvalue weighted by molar-refractivity contribution is 0.526. The first-order chi connectivity index (χ1) is 10.0. The summed E-state index contributed by atoms with van der Waals surface area (Å²) >= 11 is 6.90. The third kappa shape index (κ3) is 4.38. The zero-order valence-electron chi connectivity index (χ0n) is 12.1. The third-order valence-electron chi connectivity index (χ3n) is 3.49. The van der Waals surface area contributed by atoms with Gasteiger partial charge in [-0.25, -0.2) is 4.39 Å². The van der Waals surface area contributed by atoms with E-state index >= 15 is 0 Å². The third-order valence-corrected chi connectivity index (χ3v) is 4.48. The average molecular weight is 415 g/mol. The molecule has 0 fully saturated rings. The molecule has 0 saturated carbocycles. The lowest BCUT2D eigenvalue weighted by atomic mass is 9.95. The van der Waals surface area contributed by atoms with Gasteiger partial charge in [-0.15, -0.1) is 0 Å². The van der Waals surface area contributed by atoms with Crippen LogP contribution in [0.4, 0.5) is 4.39 Å². The van der Waals surface area contributed by atoms with Crippen molar-refractivity contribution in [3.05, 3.63) is 67.9 Å². The first-order valence-corrected chi connectivity index (χ1v) is 8.53. The van der Waals surface area contributed by atoms with Crippen LogP contribution in [0.2, 0.25) is 0 Å². The Morgan fingerprint density at radius 3 is 2.43 bits per heavy atom. The highest BCUT2D eigenvalue weighted by Gasteiger charge is 2.16. The molecular weight excluding hydrogens is 397 g/mol. The van der Waals surface area contributed by atoms with Crippen molar-refractivity contribution in [1.29, 1.82) is 0 Å². The van der Waals surface area contributed by atoms with Gasteiger partial charge in [0.1, 0.15) is 5.82 Å². The highest BCUT2D eigenvalue weighted by Crippen LogP contribution is 2.26. The first-order valence-electron chi connectivity index (χ1n) is 6.94. The van der Waals surface area contributed by atoms with E-state index in [4.69, 9.17) is 0 Å². The molecule has 0 aromatic heterocycles. The van der Waals surface area contributed by atoms with E-state index in [1.807, 2.05) is 12.1 Å². The maximum absolute atomic E-state index is 14.0. The summed E-state index contributed by atoms with van der Waals surface area (Å²) in [5, 5.41) is 3.46. The van der Waals surface area contributed by atoms with E-state index in [-0.39, 0.29) is 11.9 Å². The lowest BCUT2D eigenvalue weighted by Gasteiger charge is -2.21. The molecule has 0 aliphatic rings. The molecule has 0 saturated heterocycles. The van der Waals surface area contributed by atoms with Gasteiger partial charge in [-0.1, -0.05) is 44.8 Å². The number of likely N-dealkylation sites (N-methyl/N-ethyl adjacent to an activating group) is 1. The molecule has 0 aliphatic heterocycles. The van der Waals surface area contributed by atoms with Gasteiger partial charge in [-0.2, -0.15) is 0 Å². The predicted molar refractivity (Wildman–Crippen MR) is 93.1 cm³/mol. The van der Waals surface area contributed by atoms with Crippen LogP contribution in [0.5, 0.6) is 0 Å². The van der Waals surface area contributed by atoms with Crippen molar-refractivity contribution < 1.29 is 4.39 Å². The van der Waals surface area contributed by atoms with Crippen LogP contribution in [0, 0.1) is 12.7 Å². The maximum Gasteiger partial charge on any atom is 0.126 e. The molecule has 2 aromatic rings. The average Bonchev–Trinajstić information content (AvgIpc) is 2.42. The minimum atomic E-state index is -0.157. The fraction of sp³-hybridized carbons (Fsp3) is 0.294. The molecule has 1 nitrogen and oxygen atoms in total. The maximum atomic E-state index is 14.0. The molecule has 0 amide bonds. The fourth-order valence-electron chi connectivity index (χ4n) is 2.49. The number of aryl methyl sites for hydroxylation is 1. The van der Waals surface area contributed by atoms with Gasteiger partial charge in [-0.05, 0) is 66.9 Å². The van der Waals surface area contributed by atoms with Gasteiger partial charge in [0.15, 0.2) is 0 Å². The summed E-state index contributed by atoms with van der Waals surface area (Å²) in [6, 6.07) is 11.4. The Morgan fingerprint density at radius 1 is 1.10 bits per heavy atom. The first kappa shape index (κ1) is 16.7. The van der Waals surface area contributed by atoms with Crippen molar-refractivity contribution in [2.75, 3.05) is 6.54 Å². The summed E-state index contributed by atoms with van der Waals surface area (Å²) in [4.78, 5) is 0. The number of benzene rings is 2. The van der Waals surface area contributed by atoms with E-state index in [1.54, 1.807) is 6.07 Å². The molecule has 21 heavy (non-hydrogen) atoms. The van der Waals surface area contributed by atoms with Crippen molar-refractivity contribution in [2.45, 2.75) is 26.3 Å². The van der Waals surface area contributed by atoms with E-state index in [0.29, 0.717) is 6.42 Å². The Labute approximate surface area is 142 Å². The molecule has 1 unspecified atom stereocenters. The highest BCUT2D eigenvalue weighted by atomic mass is 79.9. The van der Waals surface area contributed by atoms with Crippen molar-refractivity contribution in [3.63, 3.8) is 0 Å². The molecule has 0 aliphatic carbocycles. The summed E-state index contributed by atoms with van der Waals surface area (Å²) in [6.45, 7) is 5.00. The van der Waals surface area contributed by atoms with Crippen LogP contribution in [-0.4, -0.2) is 6.54 Å². The van der Waals surface area contributed by atoms with Gasteiger partial charge in [0.05, 0.1) is 0 Å². The van der Waals surface area contributed by atoms with E-state index in [2.05, 4.69) is 63.2 Å². The van der Waals surface area contributed by atoms with Crippen molar-refractivity contribution >= 4 is 31.9 Å². The smallest absolute Gasteiger partial charge is 0.126 e. The summed E-state index contributed by atoms with van der Waals surface area (Å²) in [7, 11) is 0. The zero-order valence-corrected chi connectivity index (χ0v) is 15.3. The van der Waals surface area contributed by atoms with Gasteiger partial charge in [0, 0.05) is 15.0 Å². The normalized spacial score (nSPS) is 12.4. The van der Waals surface area contributed by atoms with Crippen LogP contribution in [0.3, 0.4) is 0 Å². The number of hydrogen-bond acceptors (Lipinski definition) is 1. The van der Waals surface area contributed by atoms with Crippen LogP contribution < -0.4 is 5.32 Å². The van der Waals surface area contributed by atoms with Gasteiger partial charge in [0.2, 0.25) is 0 Å². The minimum absolute atomic E-state index is 0.104. The summed E-state index contributed by atoms with van der Waals surface area (Å²) in [5.41, 5.74) is 3.13. The van der Waals surface area contributed by atoms with E-state index in [9.17, 15) is 4.39 Å². The molecule has 2 rings (SSSR count). The summed E-state index contributed by atoms with van der Waals surface area (Å²) < 4.78 is 16.0. The fourth-order valence-corrected chi connectivity index (χ4v) is 3.37. The summed E-state index contributed by atoms with van der Waals surface area (Å²) in [5.74, 6) is -0.157. The number of hydrogen-bond donors (Lipinski definition) is 1. The monoisotopic (exact) mass is 413 g/mol. The molecule has 2 aromatic carbocycles. The van der Waals surface area contributed by atoms with Crippen molar-refractivity contribution in [1.82, 2.24) is 5.32 Å². The second kappa shape index (κ2) is 7.52. The molecule has 112 valence electrons. The number of halogens is 3. The van der Waals surface area contributed by atoms with Crippen molar-refractivity contribution in [2.24, 2.45) is 0 Å². The van der Waals surface area contributed by atoms with Crippen LogP contribution in [0.25, 0.3) is 0 Å². The van der Waals surface area contributed by atoms with Crippen LogP contribution in [0.15, 0.2) is 45.3 Å². The number of rotatable bonds is 5. The zero-order chi connectivity index (χ0) is 15.4. The Kier molecular flexibility index (Phi) is 5.97. The quantitative estimate of drug-likeness (QED) is 0.675. The number of nitrogens with one attached hydrogen (secondary N) is 1. The van der Waals surface area contributed by atoms with Gasteiger partial charge < -0.3 is 5.32 Å². The second-order valence-corrected chi connectivity index (χ2v) is 6.88. The standard InChI is InChI=1S/C17H18Br2FN/c1-3-21-17(15-6-4-13(18)8-11(15)2)10-12-9-14(19)5-7-16(12)20/h4-9,17,21H,3,10H2,1-2H3. The Hall–Kier alpha value is -0.710. The van der Waals surface area contributed by atoms with Crippen LogP contribution >= 0.6 is 31.9 Å². The molecule has 1 N–H and O–H groups in total. The van der Waals surface area contributed by atoms with Gasteiger partial charge in [0.25, 0.3) is 0 Å². The molecule has 4 heteroatoms. The second-order valence-electron chi connectivity index (χ2n) is 5.05. The Bertz CT molecular complexity index is 628. The topological polar surface area (TPSA) is 12.0 Å². The van der Waals surface area contributed by atoms with E-state index < -0.39 is 0 Å². The molecule has 0 radical (unpaired) electrons. The molecule has 1 atom stereocenters. The van der Waals surface area contributed by atoms with E-state index in [1.165, 1.54) is 17.2 Å². The van der Waals surface area contributed by atoms with Crippen molar-refractivity contribution in [3.8, 4) is 0 Å². The van der Waals surface area contributed by atoms with Crippen LogP contribution in [-0.2, 0) is 6.42 Å². The summed E-state index contributed by atoms with van der Waals surface area (Å²) in [6.07, 6.45) is 0.627. The van der Waals surface area contributed by atoms with Gasteiger partial charge >= 0.3 is 0 Å². The van der Waals surface area contributed by atoms with E-state index in [0.717, 1.165) is 21.1 Å². The SMILES string of the molecule is CCNC(Cc1cc(Br)ccc1F)c1ccc(Br)cc1C. The molecule has 0 spiro atoms. The van der Waals surface area contributed by atoms with Crippen LogP contribution in [0.1, 0.15) is 29.7 Å². The lowest BCUT2D eigenvalue weighted by Crippen LogP contribution is -2.24. The largest absolute Gasteiger partial charge is 0.310 e. The predicted octanol–water partition coefficient (Wildman–Crippen LogP) is 5.55. The molecule has 0 bridgehead atoms. The van der Waals surface area contributed by atoms with Gasteiger partial charge in [-0.3, -0.25) is 0 Å². The molecular formula is C17H18Br2FN. The minimum Gasteiger partial charge on any atom is -0.310 e. The molecule has 0 heterocycles.